The molecule has 9 heteroatoms. The molecule has 0 aliphatic heterocycles. The van der Waals surface area contributed by atoms with Gasteiger partial charge in [-0.25, -0.2) is 5.43 Å². The number of carbonyl (C=O) groups is 1. The third kappa shape index (κ3) is 3.55. The van der Waals surface area contributed by atoms with E-state index in [1.54, 1.807) is 12.1 Å². The van der Waals surface area contributed by atoms with Crippen molar-refractivity contribution in [3.63, 3.8) is 0 Å². The second-order valence-corrected chi connectivity index (χ2v) is 4.50. The average molecular weight is 321 g/mol. The summed E-state index contributed by atoms with van der Waals surface area (Å²) in [5, 5.41) is 24.2. The minimum absolute atomic E-state index is 0.00527. The van der Waals surface area contributed by atoms with Crippen LogP contribution < -0.4 is 5.43 Å². The van der Waals surface area contributed by atoms with Gasteiger partial charge < -0.3 is 5.11 Å². The largest absolute Gasteiger partial charge is 0.502 e. The lowest BCUT2D eigenvalue weighted by molar-refractivity contribution is -0.385. The first kappa shape index (κ1) is 15.4. The Kier molecular flexibility index (Phi) is 4.64. The molecule has 1 aromatic heterocycles. The Bertz CT molecular complexity index is 749. The van der Waals surface area contributed by atoms with Crippen molar-refractivity contribution in [2.24, 2.45) is 5.10 Å². The van der Waals surface area contributed by atoms with Crippen molar-refractivity contribution in [1.82, 2.24) is 10.4 Å². The molecule has 2 rings (SSSR count). The molecule has 2 N–H and O–H groups in total. The smallest absolute Gasteiger partial charge is 0.312 e. The van der Waals surface area contributed by atoms with Gasteiger partial charge in [0.1, 0.15) is 0 Å². The van der Waals surface area contributed by atoms with E-state index in [9.17, 15) is 20.0 Å². The van der Waals surface area contributed by atoms with Gasteiger partial charge in [-0.3, -0.25) is 19.9 Å². The number of hydrogen-bond donors (Lipinski definition) is 2. The van der Waals surface area contributed by atoms with Crippen LogP contribution in [0.1, 0.15) is 15.9 Å². The van der Waals surface area contributed by atoms with Crippen molar-refractivity contribution in [3.8, 4) is 5.75 Å². The predicted molar refractivity (Wildman–Crippen MR) is 79.1 cm³/mol. The van der Waals surface area contributed by atoms with Gasteiger partial charge in [-0.2, -0.15) is 5.10 Å². The maximum Gasteiger partial charge on any atom is 0.312 e. The average Bonchev–Trinajstić information content (AvgIpc) is 2.50. The molecule has 0 bridgehead atoms. The first-order chi connectivity index (χ1) is 10.5. The molecule has 8 nitrogen and oxygen atoms in total. The van der Waals surface area contributed by atoms with E-state index < -0.39 is 22.3 Å². The molecular weight excluding hydrogens is 312 g/mol. The number of nitro benzene ring substituents is 1. The monoisotopic (exact) mass is 320 g/mol. The van der Waals surface area contributed by atoms with E-state index in [4.69, 9.17) is 11.6 Å². The number of amides is 1. The lowest BCUT2D eigenvalue weighted by atomic mass is 10.2. The first-order valence-corrected chi connectivity index (χ1v) is 6.27. The molecule has 1 amide bonds. The number of nitrogens with zero attached hydrogens (tertiary/aromatic N) is 3. The number of phenols is 1. The molecule has 2 aromatic rings. The van der Waals surface area contributed by atoms with Gasteiger partial charge in [0.05, 0.1) is 16.7 Å². The third-order valence-electron chi connectivity index (χ3n) is 2.57. The molecule has 22 heavy (non-hydrogen) atoms. The van der Waals surface area contributed by atoms with E-state index in [1.165, 1.54) is 18.5 Å². The van der Waals surface area contributed by atoms with Crippen LogP contribution in [0.25, 0.3) is 0 Å². The van der Waals surface area contributed by atoms with Crippen molar-refractivity contribution in [2.75, 3.05) is 0 Å². The number of hydrogen-bond acceptors (Lipinski definition) is 6. The second-order valence-electron chi connectivity index (χ2n) is 4.06. The quantitative estimate of drug-likeness (QED) is 0.508. The zero-order valence-corrected chi connectivity index (χ0v) is 11.7. The molecule has 0 aliphatic carbocycles. The highest BCUT2D eigenvalue weighted by Gasteiger charge is 2.17. The van der Waals surface area contributed by atoms with E-state index in [0.717, 1.165) is 12.3 Å². The first-order valence-electron chi connectivity index (χ1n) is 5.89. The second kappa shape index (κ2) is 6.64. The number of halogens is 1. The van der Waals surface area contributed by atoms with Gasteiger partial charge in [0.15, 0.2) is 0 Å². The van der Waals surface area contributed by atoms with Crippen LogP contribution in [0, 0.1) is 10.1 Å². The Labute approximate surface area is 129 Å². The third-order valence-corrected chi connectivity index (χ3v) is 2.79. The van der Waals surface area contributed by atoms with E-state index >= 15 is 0 Å². The summed E-state index contributed by atoms with van der Waals surface area (Å²) in [6.45, 7) is 0. The molecule has 0 atom stereocenters. The Morgan fingerprint density at radius 1 is 1.50 bits per heavy atom. The number of pyridine rings is 1. The van der Waals surface area contributed by atoms with Gasteiger partial charge in [0, 0.05) is 29.0 Å². The number of aromatic hydroxyl groups is 1. The lowest BCUT2D eigenvalue weighted by Crippen LogP contribution is -2.17. The predicted octanol–water partition coefficient (Wildman–Crippen LogP) is 2.11. The van der Waals surface area contributed by atoms with Gasteiger partial charge in [0.25, 0.3) is 5.91 Å². The van der Waals surface area contributed by atoms with Crippen molar-refractivity contribution < 1.29 is 14.8 Å². The number of phenolic OH excluding ortho intramolecular Hbond substituents is 1. The Morgan fingerprint density at radius 2 is 2.27 bits per heavy atom. The van der Waals surface area contributed by atoms with Crippen molar-refractivity contribution in [1.29, 1.82) is 0 Å². The lowest BCUT2D eigenvalue weighted by Gasteiger charge is -2.02. The highest BCUT2D eigenvalue weighted by Crippen LogP contribution is 2.32. The van der Waals surface area contributed by atoms with Crippen molar-refractivity contribution in [3.05, 3.63) is 62.9 Å². The molecule has 0 fully saturated rings. The van der Waals surface area contributed by atoms with Gasteiger partial charge >= 0.3 is 5.69 Å². The normalized spacial score (nSPS) is 10.6. The number of rotatable bonds is 4. The summed E-state index contributed by atoms with van der Waals surface area (Å²) in [4.78, 5) is 25.5. The minimum atomic E-state index is -0.771. The van der Waals surface area contributed by atoms with Crippen LogP contribution in [0.15, 0.2) is 41.8 Å². The molecule has 0 spiro atoms. The number of benzene rings is 1. The highest BCUT2D eigenvalue weighted by atomic mass is 35.5. The topological polar surface area (TPSA) is 118 Å². The fraction of sp³-hybridized carbons (Fsp3) is 0. The van der Waals surface area contributed by atoms with Gasteiger partial charge in [-0.1, -0.05) is 11.6 Å². The van der Waals surface area contributed by atoms with Crippen LogP contribution in [0.2, 0.25) is 5.02 Å². The summed E-state index contributed by atoms with van der Waals surface area (Å²) in [5.74, 6) is -1.10. The van der Waals surface area contributed by atoms with Gasteiger partial charge in [-0.05, 0) is 18.2 Å². The highest BCUT2D eigenvalue weighted by molar-refractivity contribution is 6.31. The Balaban J connectivity index is 2.17. The number of aromatic nitrogens is 1. The van der Waals surface area contributed by atoms with Crippen LogP contribution in [-0.2, 0) is 0 Å². The van der Waals surface area contributed by atoms with Gasteiger partial charge in [0.2, 0.25) is 5.75 Å². The zero-order valence-electron chi connectivity index (χ0n) is 10.9. The number of carbonyl (C=O) groups excluding carboxylic acids is 1. The van der Waals surface area contributed by atoms with Crippen LogP contribution in [0.3, 0.4) is 0 Å². The van der Waals surface area contributed by atoms with Crippen LogP contribution >= 0.6 is 11.6 Å². The van der Waals surface area contributed by atoms with Crippen LogP contribution in [-0.4, -0.2) is 27.1 Å². The summed E-state index contributed by atoms with van der Waals surface area (Å²) in [6, 6.07) is 5.43. The molecule has 0 radical (unpaired) electrons. The van der Waals surface area contributed by atoms with Crippen LogP contribution in [0.5, 0.6) is 5.75 Å². The number of nitro groups is 1. The maximum atomic E-state index is 11.7. The summed E-state index contributed by atoms with van der Waals surface area (Å²) in [7, 11) is 0. The zero-order chi connectivity index (χ0) is 16.1. The number of nitrogens with one attached hydrogen (secondary N) is 1. The summed E-state index contributed by atoms with van der Waals surface area (Å²) in [6.07, 6.45) is 3.93. The van der Waals surface area contributed by atoms with Crippen LogP contribution in [0.4, 0.5) is 5.69 Å². The molecule has 0 saturated heterocycles. The maximum absolute atomic E-state index is 11.7. The van der Waals surface area contributed by atoms with E-state index in [0.29, 0.717) is 5.56 Å². The Morgan fingerprint density at radius 3 is 2.91 bits per heavy atom. The molecule has 1 aromatic carbocycles. The molecule has 112 valence electrons. The van der Waals surface area contributed by atoms with E-state index in [1.807, 2.05) is 0 Å². The fourth-order valence-electron chi connectivity index (χ4n) is 1.57. The van der Waals surface area contributed by atoms with Gasteiger partial charge in [-0.15, -0.1) is 0 Å². The summed E-state index contributed by atoms with van der Waals surface area (Å²) >= 11 is 5.73. The van der Waals surface area contributed by atoms with Crippen molar-refractivity contribution >= 4 is 29.4 Å². The minimum Gasteiger partial charge on any atom is -0.502 e. The molecule has 0 unspecified atom stereocenters. The van der Waals surface area contributed by atoms with E-state index in [-0.39, 0.29) is 10.6 Å². The molecule has 0 aliphatic rings. The Hall–Kier alpha value is -3.00. The van der Waals surface area contributed by atoms with E-state index in [2.05, 4.69) is 15.5 Å². The standard InChI is InChI=1S/C13H9ClN4O4/c14-10-4-9(12(19)11(5-10)18(21)22)7-16-17-13(20)8-2-1-3-15-6-8/h1-7,19H,(H,17,20)/b16-7-. The molecule has 0 saturated carbocycles. The molecular formula is C13H9ClN4O4. The fourth-order valence-corrected chi connectivity index (χ4v) is 1.79. The summed E-state index contributed by atoms with van der Waals surface area (Å²) < 4.78 is 0. The molecule has 1 heterocycles. The number of hydrazone groups is 1. The van der Waals surface area contributed by atoms with Crippen molar-refractivity contribution in [2.45, 2.75) is 0 Å². The summed E-state index contributed by atoms with van der Waals surface area (Å²) in [5.41, 5.74) is 1.96. The SMILES string of the molecule is O=C(N/N=C\c1cc(Cl)cc([N+](=O)[O-])c1O)c1cccnc1.